The Morgan fingerprint density at radius 1 is 1.47 bits per heavy atom. The molecule has 0 spiro atoms. The van der Waals surface area contributed by atoms with E-state index >= 15 is 0 Å². The second-order valence-electron chi connectivity index (χ2n) is 3.72. The van der Waals surface area contributed by atoms with Crippen LogP contribution in [-0.4, -0.2) is 14.7 Å². The summed E-state index contributed by atoms with van der Waals surface area (Å²) >= 11 is 0. The number of H-pyrrole nitrogens is 1. The van der Waals surface area contributed by atoms with Gasteiger partial charge < -0.3 is 5.11 Å². The molecule has 1 aromatic heterocycles. The van der Waals surface area contributed by atoms with Gasteiger partial charge in [-0.3, -0.25) is 14.3 Å². The van der Waals surface area contributed by atoms with E-state index < -0.39 is 11.2 Å². The molecule has 0 bridgehead atoms. The summed E-state index contributed by atoms with van der Waals surface area (Å²) in [5.41, 5.74) is -0.904. The average Bonchev–Trinajstić information content (AvgIpc) is 2.15. The van der Waals surface area contributed by atoms with E-state index in [4.69, 9.17) is 0 Å². The minimum Gasteiger partial charge on any atom is -0.494 e. The van der Waals surface area contributed by atoms with E-state index in [1.807, 2.05) is 13.8 Å². The first-order valence-corrected chi connectivity index (χ1v) is 5.03. The van der Waals surface area contributed by atoms with Crippen molar-refractivity contribution in [3.8, 4) is 5.88 Å². The van der Waals surface area contributed by atoms with Crippen molar-refractivity contribution in [2.24, 2.45) is 0 Å². The van der Waals surface area contributed by atoms with Gasteiger partial charge in [0, 0.05) is 6.04 Å². The molecule has 1 heterocycles. The van der Waals surface area contributed by atoms with Crippen LogP contribution in [0.5, 0.6) is 5.88 Å². The highest BCUT2D eigenvalue weighted by atomic mass is 16.3. The molecule has 0 saturated carbocycles. The molecule has 1 atom stereocenters. The minimum absolute atomic E-state index is 0.113. The lowest BCUT2D eigenvalue weighted by molar-refractivity contribution is 0.357. The third-order valence-electron chi connectivity index (χ3n) is 2.49. The molecule has 84 valence electrons. The molecule has 0 fully saturated rings. The molecule has 2 N–H and O–H groups in total. The van der Waals surface area contributed by atoms with Crippen LogP contribution in [0, 0.1) is 6.92 Å². The maximum atomic E-state index is 11.5. The maximum absolute atomic E-state index is 11.5. The van der Waals surface area contributed by atoms with Crippen LogP contribution in [0.4, 0.5) is 0 Å². The lowest BCUT2D eigenvalue weighted by Crippen LogP contribution is -2.33. The Morgan fingerprint density at radius 2 is 2.07 bits per heavy atom. The van der Waals surface area contributed by atoms with Crippen LogP contribution in [0.1, 0.15) is 38.3 Å². The monoisotopic (exact) mass is 212 g/mol. The lowest BCUT2D eigenvalue weighted by atomic mass is 10.2. The number of nitrogens with one attached hydrogen (secondary N) is 1. The summed E-state index contributed by atoms with van der Waals surface area (Å²) in [6, 6.07) is -0.113. The fraction of sp³-hybridized carbons (Fsp3) is 0.600. The second-order valence-corrected chi connectivity index (χ2v) is 3.72. The number of aromatic hydroxyl groups is 1. The van der Waals surface area contributed by atoms with Crippen molar-refractivity contribution in [3.63, 3.8) is 0 Å². The van der Waals surface area contributed by atoms with Gasteiger partial charge in [0.15, 0.2) is 0 Å². The van der Waals surface area contributed by atoms with Crippen molar-refractivity contribution < 1.29 is 5.11 Å². The Bertz CT molecular complexity index is 459. The summed E-state index contributed by atoms with van der Waals surface area (Å²) in [4.78, 5) is 24.8. The van der Waals surface area contributed by atoms with E-state index in [1.165, 1.54) is 11.5 Å². The maximum Gasteiger partial charge on any atom is 0.331 e. The van der Waals surface area contributed by atoms with E-state index in [1.54, 1.807) is 0 Å². The van der Waals surface area contributed by atoms with Gasteiger partial charge in [0.05, 0.1) is 5.56 Å². The van der Waals surface area contributed by atoms with Crippen LogP contribution in [0.2, 0.25) is 0 Å². The van der Waals surface area contributed by atoms with E-state index in [0.29, 0.717) is 0 Å². The summed E-state index contributed by atoms with van der Waals surface area (Å²) in [6.07, 6.45) is 1.68. The molecular formula is C10H16N2O3. The van der Waals surface area contributed by atoms with Crippen LogP contribution in [-0.2, 0) is 0 Å². The predicted molar refractivity (Wildman–Crippen MR) is 57.3 cm³/mol. The SMILES string of the molecule is CCCC(C)n1c(O)c(C)c(=O)[nH]c1=O. The molecule has 1 unspecified atom stereocenters. The minimum atomic E-state index is -0.552. The van der Waals surface area contributed by atoms with Crippen LogP contribution in [0.3, 0.4) is 0 Å². The Labute approximate surface area is 87.4 Å². The molecule has 15 heavy (non-hydrogen) atoms. The molecule has 0 aliphatic heterocycles. The first-order chi connectivity index (χ1) is 6.99. The van der Waals surface area contributed by atoms with Gasteiger partial charge in [0.25, 0.3) is 5.56 Å². The average molecular weight is 212 g/mol. The predicted octanol–water partition coefficient (Wildman–Crippen LogP) is 0.912. The zero-order valence-corrected chi connectivity index (χ0v) is 9.20. The smallest absolute Gasteiger partial charge is 0.331 e. The third-order valence-corrected chi connectivity index (χ3v) is 2.49. The van der Waals surface area contributed by atoms with Crippen LogP contribution in [0.25, 0.3) is 0 Å². The van der Waals surface area contributed by atoms with Crippen LogP contribution < -0.4 is 11.2 Å². The third kappa shape index (κ3) is 2.11. The molecule has 0 aromatic carbocycles. The molecule has 0 aliphatic carbocycles. The highest BCUT2D eigenvalue weighted by Crippen LogP contribution is 2.18. The number of hydrogen-bond donors (Lipinski definition) is 2. The van der Waals surface area contributed by atoms with E-state index in [0.717, 1.165) is 12.8 Å². The topological polar surface area (TPSA) is 75.1 Å². The van der Waals surface area contributed by atoms with Crippen molar-refractivity contribution in [2.75, 3.05) is 0 Å². The largest absolute Gasteiger partial charge is 0.494 e. The van der Waals surface area contributed by atoms with Crippen LogP contribution in [0.15, 0.2) is 9.59 Å². The van der Waals surface area contributed by atoms with Gasteiger partial charge >= 0.3 is 5.69 Å². The first-order valence-electron chi connectivity index (χ1n) is 5.03. The van der Waals surface area contributed by atoms with Crippen LogP contribution >= 0.6 is 0 Å². The Balaban J connectivity index is 3.36. The van der Waals surface area contributed by atoms with Gasteiger partial charge in [-0.1, -0.05) is 13.3 Å². The normalized spacial score (nSPS) is 12.7. The first kappa shape index (κ1) is 11.6. The van der Waals surface area contributed by atoms with Crippen molar-refractivity contribution in [3.05, 3.63) is 26.4 Å². The standard InChI is InChI=1S/C10H16N2O3/c1-4-5-6(2)12-9(14)7(3)8(13)11-10(12)15/h6,14H,4-5H2,1-3H3,(H,11,13,15). The summed E-state index contributed by atoms with van der Waals surface area (Å²) in [6.45, 7) is 5.32. The zero-order chi connectivity index (χ0) is 11.6. The van der Waals surface area contributed by atoms with Gasteiger partial charge in [-0.05, 0) is 20.3 Å². The van der Waals surface area contributed by atoms with Gasteiger partial charge in [-0.2, -0.15) is 0 Å². The molecule has 5 nitrogen and oxygen atoms in total. The lowest BCUT2D eigenvalue weighted by Gasteiger charge is -2.16. The summed E-state index contributed by atoms with van der Waals surface area (Å²) in [7, 11) is 0. The van der Waals surface area contributed by atoms with Crippen molar-refractivity contribution >= 4 is 0 Å². The highest BCUT2D eigenvalue weighted by molar-refractivity contribution is 5.20. The summed E-state index contributed by atoms with van der Waals surface area (Å²) < 4.78 is 1.22. The van der Waals surface area contributed by atoms with Gasteiger partial charge in [0.2, 0.25) is 5.88 Å². The number of rotatable bonds is 3. The van der Waals surface area contributed by atoms with Gasteiger partial charge in [-0.25, -0.2) is 4.79 Å². The molecular weight excluding hydrogens is 196 g/mol. The van der Waals surface area contributed by atoms with Crippen molar-refractivity contribution in [2.45, 2.75) is 39.7 Å². The zero-order valence-electron chi connectivity index (χ0n) is 9.20. The molecule has 0 radical (unpaired) electrons. The second kappa shape index (κ2) is 4.33. The van der Waals surface area contributed by atoms with Crippen molar-refractivity contribution in [1.29, 1.82) is 0 Å². The van der Waals surface area contributed by atoms with E-state index in [2.05, 4.69) is 4.98 Å². The Hall–Kier alpha value is -1.52. The molecule has 0 aliphatic rings. The quantitative estimate of drug-likeness (QED) is 0.782. The highest BCUT2D eigenvalue weighted by Gasteiger charge is 2.14. The fourth-order valence-electron chi connectivity index (χ4n) is 1.59. The molecule has 1 rings (SSSR count). The van der Waals surface area contributed by atoms with Crippen molar-refractivity contribution in [1.82, 2.24) is 9.55 Å². The number of aromatic amines is 1. The number of aromatic nitrogens is 2. The molecule has 0 saturated heterocycles. The summed E-state index contributed by atoms with van der Waals surface area (Å²) in [5.74, 6) is -0.232. The summed E-state index contributed by atoms with van der Waals surface area (Å²) in [5, 5.41) is 9.70. The Kier molecular flexibility index (Phi) is 3.34. The van der Waals surface area contributed by atoms with E-state index in [9.17, 15) is 14.7 Å². The molecule has 5 heteroatoms. The van der Waals surface area contributed by atoms with E-state index in [-0.39, 0.29) is 17.5 Å². The number of hydrogen-bond acceptors (Lipinski definition) is 3. The van der Waals surface area contributed by atoms with Gasteiger partial charge in [-0.15, -0.1) is 0 Å². The van der Waals surface area contributed by atoms with Gasteiger partial charge in [0.1, 0.15) is 0 Å². The molecule has 0 amide bonds. The molecule has 1 aromatic rings. The Morgan fingerprint density at radius 3 is 2.60 bits per heavy atom. The fourth-order valence-corrected chi connectivity index (χ4v) is 1.59. The number of nitrogens with zero attached hydrogens (tertiary/aromatic N) is 1.